The Labute approximate surface area is 130 Å². The molecule has 1 atom stereocenters. The van der Waals surface area contributed by atoms with Crippen molar-refractivity contribution in [1.29, 1.82) is 0 Å². The molecule has 0 aromatic heterocycles. The average Bonchev–Trinajstić information content (AvgIpc) is 2.53. The molecular formula is C17H13F3O3. The number of carbonyl (C=O) groups is 2. The van der Waals surface area contributed by atoms with Gasteiger partial charge in [0, 0.05) is 16.7 Å². The van der Waals surface area contributed by atoms with Crippen LogP contribution in [0.4, 0.5) is 13.2 Å². The third-order valence-electron chi connectivity index (χ3n) is 3.44. The van der Waals surface area contributed by atoms with Gasteiger partial charge in [0.2, 0.25) is 11.4 Å². The normalized spacial score (nSPS) is 14.1. The van der Waals surface area contributed by atoms with Gasteiger partial charge < -0.3 is 5.11 Å². The van der Waals surface area contributed by atoms with Gasteiger partial charge in [-0.25, -0.2) is 0 Å². The maximum atomic E-state index is 12.7. The second-order valence-corrected chi connectivity index (χ2v) is 5.17. The van der Waals surface area contributed by atoms with E-state index in [0.29, 0.717) is 12.5 Å². The summed E-state index contributed by atoms with van der Waals surface area (Å²) in [6, 6.07) is 13.0. The van der Waals surface area contributed by atoms with Crippen LogP contribution in [0.3, 0.4) is 0 Å². The second-order valence-electron chi connectivity index (χ2n) is 5.17. The highest BCUT2D eigenvalue weighted by atomic mass is 19.4. The Hall–Kier alpha value is -2.47. The molecule has 0 unspecified atom stereocenters. The monoisotopic (exact) mass is 322 g/mol. The third kappa shape index (κ3) is 3.32. The molecule has 0 aliphatic carbocycles. The average molecular weight is 322 g/mol. The summed E-state index contributed by atoms with van der Waals surface area (Å²) in [5, 5.41) is 9.39. The molecule has 23 heavy (non-hydrogen) atoms. The van der Waals surface area contributed by atoms with Gasteiger partial charge >= 0.3 is 6.18 Å². The first-order valence-corrected chi connectivity index (χ1v) is 6.68. The number of Topliss-reactive ketones (excluding diaryl/α,β-unsaturated/α-hetero) is 1. The quantitative estimate of drug-likeness (QED) is 0.878. The SMILES string of the molecule is C[C@@](O)(C(=O)c1ccc(C(=O)c2ccccc2)cc1)C(F)(F)F. The molecule has 0 aliphatic heterocycles. The van der Waals surface area contributed by atoms with E-state index in [2.05, 4.69) is 0 Å². The molecule has 2 rings (SSSR count). The number of ketones is 2. The van der Waals surface area contributed by atoms with E-state index in [1.807, 2.05) is 0 Å². The zero-order valence-electron chi connectivity index (χ0n) is 12.1. The first-order valence-electron chi connectivity index (χ1n) is 6.68. The fourth-order valence-electron chi connectivity index (χ4n) is 1.94. The molecule has 0 heterocycles. The Bertz CT molecular complexity index is 717. The zero-order valence-corrected chi connectivity index (χ0v) is 12.1. The smallest absolute Gasteiger partial charge is 0.374 e. The fourth-order valence-corrected chi connectivity index (χ4v) is 1.94. The first kappa shape index (κ1) is 16.9. The highest BCUT2D eigenvalue weighted by Gasteiger charge is 2.55. The summed E-state index contributed by atoms with van der Waals surface area (Å²) in [4.78, 5) is 24.0. The van der Waals surface area contributed by atoms with Crippen molar-refractivity contribution in [2.24, 2.45) is 0 Å². The summed E-state index contributed by atoms with van der Waals surface area (Å²) < 4.78 is 38.0. The lowest BCUT2D eigenvalue weighted by atomic mass is 9.93. The molecule has 0 aliphatic rings. The van der Waals surface area contributed by atoms with Crippen molar-refractivity contribution in [2.75, 3.05) is 0 Å². The topological polar surface area (TPSA) is 54.4 Å². The highest BCUT2D eigenvalue weighted by molar-refractivity contribution is 6.10. The van der Waals surface area contributed by atoms with Gasteiger partial charge in [-0.2, -0.15) is 13.2 Å². The Morgan fingerprint density at radius 1 is 0.826 bits per heavy atom. The molecule has 6 heteroatoms. The fraction of sp³-hybridized carbons (Fsp3) is 0.176. The van der Waals surface area contributed by atoms with E-state index in [9.17, 15) is 27.9 Å². The number of benzene rings is 2. The standard InChI is InChI=1S/C17H13F3O3/c1-16(23,17(18,19)20)15(22)13-9-7-12(8-10-13)14(21)11-5-3-2-4-6-11/h2-10,23H,1H3/t16-/m1/s1. The summed E-state index contributed by atoms with van der Waals surface area (Å²) in [5.74, 6) is -1.78. The van der Waals surface area contributed by atoms with Crippen LogP contribution in [0.5, 0.6) is 0 Å². The number of carbonyl (C=O) groups excluding carboxylic acids is 2. The van der Waals surface area contributed by atoms with Crippen molar-refractivity contribution in [3.63, 3.8) is 0 Å². The van der Waals surface area contributed by atoms with Crippen LogP contribution in [0.1, 0.15) is 33.2 Å². The Balaban J connectivity index is 2.27. The molecule has 120 valence electrons. The van der Waals surface area contributed by atoms with Gasteiger partial charge in [-0.1, -0.05) is 54.6 Å². The van der Waals surface area contributed by atoms with E-state index >= 15 is 0 Å². The van der Waals surface area contributed by atoms with Crippen LogP contribution in [0, 0.1) is 0 Å². The van der Waals surface area contributed by atoms with Crippen LogP contribution in [0.25, 0.3) is 0 Å². The van der Waals surface area contributed by atoms with Crippen molar-refractivity contribution >= 4 is 11.6 Å². The largest absolute Gasteiger partial charge is 0.424 e. The molecule has 0 saturated carbocycles. The lowest BCUT2D eigenvalue weighted by Gasteiger charge is -2.24. The minimum absolute atomic E-state index is 0.236. The van der Waals surface area contributed by atoms with Crippen LogP contribution in [0.15, 0.2) is 54.6 Å². The van der Waals surface area contributed by atoms with Gasteiger partial charge in [0.05, 0.1) is 0 Å². The molecule has 0 spiro atoms. The van der Waals surface area contributed by atoms with Crippen LogP contribution in [-0.4, -0.2) is 28.5 Å². The lowest BCUT2D eigenvalue weighted by molar-refractivity contribution is -0.229. The van der Waals surface area contributed by atoms with Crippen LogP contribution >= 0.6 is 0 Å². The van der Waals surface area contributed by atoms with E-state index in [1.165, 1.54) is 12.1 Å². The Morgan fingerprint density at radius 3 is 1.74 bits per heavy atom. The number of halogens is 3. The van der Waals surface area contributed by atoms with Crippen LogP contribution in [-0.2, 0) is 0 Å². The van der Waals surface area contributed by atoms with Crippen molar-refractivity contribution in [3.05, 3.63) is 71.3 Å². The predicted octanol–water partition coefficient (Wildman–Crippen LogP) is 3.41. The maximum Gasteiger partial charge on any atom is 0.424 e. The number of alkyl halides is 3. The zero-order chi connectivity index (χ0) is 17.3. The van der Waals surface area contributed by atoms with Crippen molar-refractivity contribution in [3.8, 4) is 0 Å². The molecular weight excluding hydrogens is 309 g/mol. The summed E-state index contributed by atoms with van der Waals surface area (Å²) in [6.45, 7) is 0.401. The summed E-state index contributed by atoms with van der Waals surface area (Å²) >= 11 is 0. The van der Waals surface area contributed by atoms with E-state index < -0.39 is 17.6 Å². The van der Waals surface area contributed by atoms with Crippen molar-refractivity contribution < 1.29 is 27.9 Å². The molecule has 0 radical (unpaired) electrons. The van der Waals surface area contributed by atoms with Gasteiger partial charge in [0.15, 0.2) is 5.78 Å². The van der Waals surface area contributed by atoms with Gasteiger partial charge in [0.25, 0.3) is 0 Å². The molecule has 2 aromatic rings. The van der Waals surface area contributed by atoms with E-state index in [4.69, 9.17) is 0 Å². The molecule has 3 nitrogen and oxygen atoms in total. The molecule has 0 saturated heterocycles. The van der Waals surface area contributed by atoms with E-state index in [1.54, 1.807) is 30.3 Å². The molecule has 2 aromatic carbocycles. The molecule has 0 bridgehead atoms. The highest BCUT2D eigenvalue weighted by Crippen LogP contribution is 2.32. The van der Waals surface area contributed by atoms with Crippen LogP contribution in [0.2, 0.25) is 0 Å². The molecule has 1 N–H and O–H groups in total. The van der Waals surface area contributed by atoms with Crippen LogP contribution < -0.4 is 0 Å². The minimum atomic E-state index is -5.08. The lowest BCUT2D eigenvalue weighted by Crippen LogP contribution is -2.49. The number of aliphatic hydroxyl groups is 1. The molecule has 0 fully saturated rings. The van der Waals surface area contributed by atoms with Gasteiger partial charge in [-0.3, -0.25) is 9.59 Å². The molecule has 0 amide bonds. The van der Waals surface area contributed by atoms with E-state index in [0.717, 1.165) is 12.1 Å². The van der Waals surface area contributed by atoms with Gasteiger partial charge in [0.1, 0.15) is 0 Å². The van der Waals surface area contributed by atoms with Gasteiger partial charge in [-0.05, 0) is 6.92 Å². The number of hydrogen-bond donors (Lipinski definition) is 1. The van der Waals surface area contributed by atoms with Crippen molar-refractivity contribution in [2.45, 2.75) is 18.7 Å². The summed E-state index contributed by atoms with van der Waals surface area (Å²) in [6.07, 6.45) is -5.08. The predicted molar refractivity (Wildman–Crippen MR) is 77.3 cm³/mol. The Morgan fingerprint density at radius 2 is 1.26 bits per heavy atom. The summed E-state index contributed by atoms with van der Waals surface area (Å²) in [5.41, 5.74) is -3.14. The van der Waals surface area contributed by atoms with E-state index in [-0.39, 0.29) is 16.9 Å². The number of hydrogen-bond acceptors (Lipinski definition) is 3. The maximum absolute atomic E-state index is 12.7. The summed E-state index contributed by atoms with van der Waals surface area (Å²) in [7, 11) is 0. The number of rotatable bonds is 4. The van der Waals surface area contributed by atoms with Crippen molar-refractivity contribution in [1.82, 2.24) is 0 Å². The second kappa shape index (κ2) is 5.96. The minimum Gasteiger partial charge on any atom is -0.374 e. The first-order chi connectivity index (χ1) is 10.6. The Kier molecular flexibility index (Phi) is 4.38. The third-order valence-corrected chi connectivity index (χ3v) is 3.44. The van der Waals surface area contributed by atoms with Gasteiger partial charge in [-0.15, -0.1) is 0 Å².